The van der Waals surface area contributed by atoms with E-state index in [1.807, 2.05) is 17.5 Å². The van der Waals surface area contributed by atoms with Crippen LogP contribution in [-0.2, 0) is 16.0 Å². The number of alkyl carbamates (subject to hydrolysis) is 1. The highest BCUT2D eigenvalue weighted by Gasteiger charge is 2.30. The molecule has 0 aliphatic rings. The maximum absolute atomic E-state index is 14.6. The van der Waals surface area contributed by atoms with Gasteiger partial charge in [0.1, 0.15) is 11.6 Å². The van der Waals surface area contributed by atoms with Crippen LogP contribution in [0.3, 0.4) is 0 Å². The second-order valence-electron chi connectivity index (χ2n) is 6.58. The molecule has 0 aliphatic heterocycles. The Labute approximate surface area is 169 Å². The summed E-state index contributed by atoms with van der Waals surface area (Å²) in [4.78, 5) is 25.6. The lowest BCUT2D eigenvalue weighted by Gasteiger charge is -2.24. The molecule has 1 atom stereocenters. The number of benzene rings is 1. The van der Waals surface area contributed by atoms with Crippen LogP contribution in [0.2, 0.25) is 0 Å². The van der Waals surface area contributed by atoms with Crippen LogP contribution in [-0.4, -0.2) is 23.6 Å². The lowest BCUT2D eigenvalue weighted by molar-refractivity contribution is -0.123. The highest BCUT2D eigenvalue weighted by atomic mass is 127. The number of hydrogen-bond donors (Lipinski definition) is 1. The molecule has 0 saturated carbocycles. The molecule has 140 valence electrons. The molecule has 2 rings (SSSR count). The molecule has 0 radical (unpaired) electrons. The number of carbonyl (C=O) groups is 2. The molecule has 5 nitrogen and oxygen atoms in total. The highest BCUT2D eigenvalue weighted by molar-refractivity contribution is 14.1. The Balaban J connectivity index is 2.17. The minimum Gasteiger partial charge on any atom is -0.444 e. The van der Waals surface area contributed by atoms with Gasteiger partial charge in [0.05, 0.1) is 5.69 Å². The Hall–Kier alpha value is -1.68. The van der Waals surface area contributed by atoms with Crippen molar-refractivity contribution in [2.75, 3.05) is 5.12 Å². The number of hydrogen-bond acceptors (Lipinski definition) is 4. The molecule has 0 unspecified atom stereocenters. The van der Waals surface area contributed by atoms with Gasteiger partial charge in [-0.25, -0.2) is 4.79 Å². The highest BCUT2D eigenvalue weighted by Crippen LogP contribution is 2.20. The summed E-state index contributed by atoms with van der Waals surface area (Å²) in [5, 5.41) is 4.41. The lowest BCUT2D eigenvalue weighted by Crippen LogP contribution is -2.49. The van der Waals surface area contributed by atoms with Crippen LogP contribution in [0.4, 0.5) is 15.0 Å². The first-order valence-corrected chi connectivity index (χ1v) is 9.89. The Morgan fingerprint density at radius 1 is 1.27 bits per heavy atom. The lowest BCUT2D eigenvalue weighted by atomic mass is 10.1. The van der Waals surface area contributed by atoms with E-state index in [0.717, 1.165) is 8.45 Å². The zero-order valence-corrected chi connectivity index (χ0v) is 17.6. The van der Waals surface area contributed by atoms with Gasteiger partial charge in [-0.05, 0) is 79.1 Å². The average molecular weight is 490 g/mol. The van der Waals surface area contributed by atoms with Crippen molar-refractivity contribution in [1.82, 2.24) is 5.32 Å². The van der Waals surface area contributed by atoms with Gasteiger partial charge in [-0.15, -0.1) is 16.5 Å². The molecule has 0 spiro atoms. The second-order valence-corrected chi connectivity index (χ2v) is 8.86. The summed E-state index contributed by atoms with van der Waals surface area (Å²) in [5.41, 5.74) is -0.607. The molecular weight excluding hydrogens is 470 g/mol. The fraction of sp³-hybridized carbons (Fsp3) is 0.333. The van der Waals surface area contributed by atoms with E-state index in [-0.39, 0.29) is 17.2 Å². The number of amides is 2. The maximum atomic E-state index is 14.6. The van der Waals surface area contributed by atoms with Crippen LogP contribution in [0.1, 0.15) is 25.6 Å². The van der Waals surface area contributed by atoms with Gasteiger partial charge in [-0.2, -0.15) is 0 Å². The van der Waals surface area contributed by atoms with Crippen LogP contribution in [0, 0.1) is 3.57 Å². The number of nitrogens with one attached hydrogen (secondary N) is 1. The van der Waals surface area contributed by atoms with Crippen molar-refractivity contribution in [3.05, 3.63) is 50.2 Å². The normalized spacial score (nSPS) is 12.3. The topological polar surface area (TPSA) is 58.6 Å². The van der Waals surface area contributed by atoms with Crippen molar-refractivity contribution < 1.29 is 18.8 Å². The van der Waals surface area contributed by atoms with Crippen molar-refractivity contribution in [3.63, 3.8) is 0 Å². The first kappa shape index (κ1) is 20.6. The van der Waals surface area contributed by atoms with E-state index >= 15 is 0 Å². The molecule has 0 saturated heterocycles. The molecular formula is C18H20FIN2O3S. The minimum absolute atomic E-state index is 0.0612. The number of rotatable bonds is 5. The smallest absolute Gasteiger partial charge is 0.408 e. The first-order chi connectivity index (χ1) is 12.2. The third kappa shape index (κ3) is 6.24. The van der Waals surface area contributed by atoms with E-state index in [0.29, 0.717) is 0 Å². The Morgan fingerprint density at radius 3 is 2.46 bits per heavy atom. The van der Waals surface area contributed by atoms with Crippen molar-refractivity contribution in [2.45, 2.75) is 38.8 Å². The number of halogens is 2. The molecule has 0 fully saturated rings. The van der Waals surface area contributed by atoms with Crippen molar-refractivity contribution in [3.8, 4) is 0 Å². The van der Waals surface area contributed by atoms with Crippen molar-refractivity contribution in [1.29, 1.82) is 0 Å². The van der Waals surface area contributed by atoms with E-state index in [1.165, 1.54) is 23.5 Å². The molecule has 8 heteroatoms. The molecule has 1 heterocycles. The van der Waals surface area contributed by atoms with Gasteiger partial charge in [0, 0.05) is 14.9 Å². The van der Waals surface area contributed by atoms with E-state index in [2.05, 4.69) is 27.9 Å². The molecule has 1 aromatic heterocycles. The van der Waals surface area contributed by atoms with E-state index in [1.54, 1.807) is 32.9 Å². The first-order valence-electron chi connectivity index (χ1n) is 7.93. The molecule has 1 N–H and O–H groups in total. The van der Waals surface area contributed by atoms with Crippen LogP contribution < -0.4 is 10.4 Å². The molecule has 0 bridgehead atoms. The second kappa shape index (κ2) is 8.81. The summed E-state index contributed by atoms with van der Waals surface area (Å²) in [5.74, 6) is -0.856. The van der Waals surface area contributed by atoms with Crippen molar-refractivity contribution >= 4 is 51.6 Å². The number of nitrogens with zero attached hydrogens (tertiary/aromatic N) is 1. The van der Waals surface area contributed by atoms with E-state index in [9.17, 15) is 14.1 Å². The zero-order valence-electron chi connectivity index (χ0n) is 14.7. The van der Waals surface area contributed by atoms with Crippen LogP contribution in [0.25, 0.3) is 0 Å². The SMILES string of the molecule is CC(C)(C)OC(=O)N[C@@H](Cc1cccs1)C(=O)N(F)c1ccc(I)cc1. The fourth-order valence-electron chi connectivity index (χ4n) is 2.12. The molecule has 0 aliphatic carbocycles. The van der Waals surface area contributed by atoms with Crippen LogP contribution in [0.5, 0.6) is 0 Å². The molecule has 26 heavy (non-hydrogen) atoms. The molecule has 2 aromatic rings. The van der Waals surface area contributed by atoms with Gasteiger partial charge in [0.2, 0.25) is 0 Å². The third-order valence-electron chi connectivity index (χ3n) is 3.22. The number of ether oxygens (including phenoxy) is 1. The van der Waals surface area contributed by atoms with Crippen LogP contribution >= 0.6 is 33.9 Å². The van der Waals surface area contributed by atoms with Gasteiger partial charge < -0.3 is 10.1 Å². The number of carbonyl (C=O) groups excluding carboxylic acids is 2. The zero-order chi connectivity index (χ0) is 19.3. The number of anilines is 1. The summed E-state index contributed by atoms with van der Waals surface area (Å²) in [6.45, 7) is 5.15. The van der Waals surface area contributed by atoms with Crippen molar-refractivity contribution in [2.24, 2.45) is 0 Å². The summed E-state index contributed by atoms with van der Waals surface area (Å²) in [6.07, 6.45) is -0.580. The predicted molar refractivity (Wildman–Crippen MR) is 109 cm³/mol. The standard InChI is InChI=1S/C18H20FIN2O3S/c1-18(2,3)25-17(24)21-15(11-14-5-4-10-26-14)16(23)22(19)13-8-6-12(20)7-9-13/h4-10,15H,11H2,1-3H3,(H,21,24)/t15-/m0/s1. The Kier molecular flexibility index (Phi) is 6.99. The maximum Gasteiger partial charge on any atom is 0.408 e. The number of thiophene rings is 1. The molecule has 2 amide bonds. The van der Waals surface area contributed by atoms with E-state index in [4.69, 9.17) is 4.74 Å². The summed E-state index contributed by atoms with van der Waals surface area (Å²) >= 11 is 3.53. The minimum atomic E-state index is -1.08. The Morgan fingerprint density at radius 2 is 1.92 bits per heavy atom. The monoisotopic (exact) mass is 490 g/mol. The van der Waals surface area contributed by atoms with Gasteiger partial charge >= 0.3 is 6.09 Å². The quantitative estimate of drug-likeness (QED) is 0.488. The largest absolute Gasteiger partial charge is 0.444 e. The van der Waals surface area contributed by atoms with Gasteiger partial charge in [0.25, 0.3) is 5.91 Å². The van der Waals surface area contributed by atoms with Gasteiger partial charge in [-0.1, -0.05) is 10.5 Å². The Bertz CT molecular complexity index is 745. The van der Waals surface area contributed by atoms with Gasteiger partial charge in [-0.3, -0.25) is 4.79 Å². The summed E-state index contributed by atoms with van der Waals surface area (Å²) < 4.78 is 20.7. The third-order valence-corrected chi connectivity index (χ3v) is 4.84. The summed E-state index contributed by atoms with van der Waals surface area (Å²) in [6, 6.07) is 9.01. The van der Waals surface area contributed by atoms with Crippen LogP contribution in [0.15, 0.2) is 41.8 Å². The van der Waals surface area contributed by atoms with Gasteiger partial charge in [0.15, 0.2) is 0 Å². The molecule has 1 aromatic carbocycles. The fourth-order valence-corrected chi connectivity index (χ4v) is 3.23. The van der Waals surface area contributed by atoms with E-state index < -0.39 is 23.6 Å². The summed E-state index contributed by atoms with van der Waals surface area (Å²) in [7, 11) is 0. The average Bonchev–Trinajstić information content (AvgIpc) is 3.05. The predicted octanol–water partition coefficient (Wildman–Crippen LogP) is 4.71.